The Labute approximate surface area is 85.5 Å². The van der Waals surface area contributed by atoms with Crippen molar-refractivity contribution >= 4 is 0 Å². The van der Waals surface area contributed by atoms with Gasteiger partial charge in [0.15, 0.2) is 0 Å². The molecular weight excluding hydrogens is 172 g/mol. The van der Waals surface area contributed by atoms with Gasteiger partial charge in [-0.1, -0.05) is 24.3 Å². The molecular formula is C12H18N2. The van der Waals surface area contributed by atoms with Crippen molar-refractivity contribution in [3.63, 3.8) is 0 Å². The minimum atomic E-state index is 0.740. The predicted molar refractivity (Wildman–Crippen MR) is 59.4 cm³/mol. The second-order valence-corrected chi connectivity index (χ2v) is 3.95. The summed E-state index contributed by atoms with van der Waals surface area (Å²) < 4.78 is 0. The van der Waals surface area contributed by atoms with E-state index in [1.54, 1.807) is 0 Å². The number of nitrogens with one attached hydrogen (secondary N) is 1. The monoisotopic (exact) mass is 190 g/mol. The summed E-state index contributed by atoms with van der Waals surface area (Å²) in [6.45, 7) is 2.94. The highest BCUT2D eigenvalue weighted by Gasteiger charge is 2.24. The Morgan fingerprint density at radius 2 is 2.21 bits per heavy atom. The lowest BCUT2D eigenvalue weighted by molar-refractivity contribution is 0.531. The molecule has 14 heavy (non-hydrogen) atoms. The molecule has 0 radical (unpaired) electrons. The first-order chi connectivity index (χ1) is 6.92. The van der Waals surface area contributed by atoms with E-state index in [1.165, 1.54) is 17.5 Å². The van der Waals surface area contributed by atoms with Crippen LogP contribution >= 0.6 is 0 Å². The maximum atomic E-state index is 5.43. The van der Waals surface area contributed by atoms with Gasteiger partial charge in [-0.3, -0.25) is 0 Å². The summed E-state index contributed by atoms with van der Waals surface area (Å²) in [6.07, 6.45) is 2.32. The van der Waals surface area contributed by atoms with Crippen molar-refractivity contribution in [3.05, 3.63) is 35.4 Å². The maximum absolute atomic E-state index is 5.43. The van der Waals surface area contributed by atoms with Gasteiger partial charge in [0.2, 0.25) is 0 Å². The first-order valence-corrected chi connectivity index (χ1v) is 5.40. The lowest BCUT2D eigenvalue weighted by Gasteiger charge is -2.30. The quantitative estimate of drug-likeness (QED) is 0.686. The third kappa shape index (κ3) is 1.97. The molecule has 0 bridgehead atoms. The molecule has 1 aliphatic rings. The van der Waals surface area contributed by atoms with Gasteiger partial charge in [-0.15, -0.1) is 0 Å². The van der Waals surface area contributed by atoms with Crippen LogP contribution in [0.25, 0.3) is 0 Å². The first kappa shape index (κ1) is 9.69. The van der Waals surface area contributed by atoms with Gasteiger partial charge in [-0.25, -0.2) is 0 Å². The van der Waals surface area contributed by atoms with Crippen LogP contribution in [0, 0.1) is 0 Å². The minimum absolute atomic E-state index is 0.740. The molecule has 0 amide bonds. The fourth-order valence-corrected chi connectivity index (χ4v) is 2.05. The third-order valence-electron chi connectivity index (χ3n) is 2.91. The van der Waals surface area contributed by atoms with Crippen LogP contribution in [0.15, 0.2) is 24.3 Å². The standard InChI is InChI=1S/C12H18N2/c13-6-3-7-14-9-11-8-10-4-1-2-5-12(10)11/h1-2,4-5,11,14H,3,6-9,13H2. The number of fused-ring (bicyclic) bond motifs is 1. The number of hydrogen-bond donors (Lipinski definition) is 2. The molecule has 0 aromatic heterocycles. The molecule has 2 nitrogen and oxygen atoms in total. The molecule has 2 heteroatoms. The van der Waals surface area contributed by atoms with Crippen LogP contribution in [-0.4, -0.2) is 19.6 Å². The molecule has 3 N–H and O–H groups in total. The van der Waals surface area contributed by atoms with E-state index in [-0.39, 0.29) is 0 Å². The second-order valence-electron chi connectivity index (χ2n) is 3.95. The SMILES string of the molecule is NCCCNCC1Cc2ccccc21. The van der Waals surface area contributed by atoms with Crippen LogP contribution < -0.4 is 11.1 Å². The number of benzene rings is 1. The van der Waals surface area contributed by atoms with E-state index in [9.17, 15) is 0 Å². The molecule has 1 aromatic carbocycles. The van der Waals surface area contributed by atoms with Crippen LogP contribution in [0.5, 0.6) is 0 Å². The minimum Gasteiger partial charge on any atom is -0.330 e. The van der Waals surface area contributed by atoms with Crippen LogP contribution in [0.1, 0.15) is 23.5 Å². The van der Waals surface area contributed by atoms with Crippen molar-refractivity contribution in [3.8, 4) is 0 Å². The van der Waals surface area contributed by atoms with Gasteiger partial charge in [0.25, 0.3) is 0 Å². The lowest BCUT2D eigenvalue weighted by Crippen LogP contribution is -2.30. The second kappa shape index (κ2) is 4.58. The zero-order chi connectivity index (χ0) is 9.80. The molecule has 0 fully saturated rings. The van der Waals surface area contributed by atoms with Crippen LogP contribution in [-0.2, 0) is 6.42 Å². The zero-order valence-corrected chi connectivity index (χ0v) is 8.50. The van der Waals surface area contributed by atoms with E-state index in [4.69, 9.17) is 5.73 Å². The first-order valence-electron chi connectivity index (χ1n) is 5.40. The zero-order valence-electron chi connectivity index (χ0n) is 8.50. The number of hydrogen-bond acceptors (Lipinski definition) is 2. The van der Waals surface area contributed by atoms with Crippen LogP contribution in [0.4, 0.5) is 0 Å². The van der Waals surface area contributed by atoms with Gasteiger partial charge in [0.1, 0.15) is 0 Å². The summed E-state index contributed by atoms with van der Waals surface area (Å²) in [7, 11) is 0. The molecule has 76 valence electrons. The molecule has 1 aromatic rings. The van der Waals surface area contributed by atoms with Gasteiger partial charge in [0.05, 0.1) is 0 Å². The normalized spacial score (nSPS) is 18.8. The smallest absolute Gasteiger partial charge is 0.00234 e. The van der Waals surface area contributed by atoms with Gasteiger partial charge < -0.3 is 11.1 Å². The fourth-order valence-electron chi connectivity index (χ4n) is 2.05. The molecule has 0 spiro atoms. The van der Waals surface area contributed by atoms with E-state index in [0.717, 1.165) is 32.0 Å². The van der Waals surface area contributed by atoms with Gasteiger partial charge in [0, 0.05) is 12.5 Å². The molecule has 2 rings (SSSR count). The Bertz CT molecular complexity index is 296. The van der Waals surface area contributed by atoms with Crippen molar-refractivity contribution in [1.29, 1.82) is 0 Å². The van der Waals surface area contributed by atoms with Crippen LogP contribution in [0.3, 0.4) is 0 Å². The predicted octanol–water partition coefficient (Wildman–Crippen LogP) is 1.26. The largest absolute Gasteiger partial charge is 0.330 e. The molecule has 0 aliphatic heterocycles. The molecule has 0 saturated heterocycles. The summed E-state index contributed by atoms with van der Waals surface area (Å²) in [5.74, 6) is 0.740. The summed E-state index contributed by atoms with van der Waals surface area (Å²) in [5.41, 5.74) is 8.49. The van der Waals surface area contributed by atoms with Gasteiger partial charge in [-0.05, 0) is 37.1 Å². The molecule has 0 heterocycles. The highest BCUT2D eigenvalue weighted by Crippen LogP contribution is 2.33. The van der Waals surface area contributed by atoms with E-state index in [0.29, 0.717) is 0 Å². The summed E-state index contributed by atoms with van der Waals surface area (Å²) >= 11 is 0. The van der Waals surface area contributed by atoms with Gasteiger partial charge >= 0.3 is 0 Å². The van der Waals surface area contributed by atoms with Crippen molar-refractivity contribution < 1.29 is 0 Å². The van der Waals surface area contributed by atoms with Crippen molar-refractivity contribution in [2.24, 2.45) is 5.73 Å². The van der Waals surface area contributed by atoms with E-state index >= 15 is 0 Å². The van der Waals surface area contributed by atoms with Crippen molar-refractivity contribution in [2.45, 2.75) is 18.8 Å². The van der Waals surface area contributed by atoms with Crippen molar-refractivity contribution in [1.82, 2.24) is 5.32 Å². The molecule has 0 saturated carbocycles. The van der Waals surface area contributed by atoms with E-state index in [1.807, 2.05) is 0 Å². The van der Waals surface area contributed by atoms with Crippen LogP contribution in [0.2, 0.25) is 0 Å². The lowest BCUT2D eigenvalue weighted by atomic mass is 9.77. The number of rotatable bonds is 5. The highest BCUT2D eigenvalue weighted by atomic mass is 14.9. The average Bonchev–Trinajstić information content (AvgIpc) is 2.19. The Morgan fingerprint density at radius 1 is 1.36 bits per heavy atom. The summed E-state index contributed by atoms with van der Waals surface area (Å²) in [5, 5.41) is 3.45. The topological polar surface area (TPSA) is 38.0 Å². The highest BCUT2D eigenvalue weighted by molar-refractivity contribution is 5.40. The molecule has 1 atom stereocenters. The molecule has 1 aliphatic carbocycles. The van der Waals surface area contributed by atoms with Gasteiger partial charge in [-0.2, -0.15) is 0 Å². The Kier molecular flexibility index (Phi) is 3.17. The van der Waals surface area contributed by atoms with E-state index < -0.39 is 0 Å². The van der Waals surface area contributed by atoms with Crippen molar-refractivity contribution in [2.75, 3.05) is 19.6 Å². The maximum Gasteiger partial charge on any atom is 0.00234 e. The Hall–Kier alpha value is -0.860. The Balaban J connectivity index is 1.76. The molecule has 1 unspecified atom stereocenters. The summed E-state index contributed by atoms with van der Waals surface area (Å²) in [4.78, 5) is 0. The Morgan fingerprint density at radius 3 is 3.00 bits per heavy atom. The van der Waals surface area contributed by atoms with E-state index in [2.05, 4.69) is 29.6 Å². The fraction of sp³-hybridized carbons (Fsp3) is 0.500. The average molecular weight is 190 g/mol. The third-order valence-corrected chi connectivity index (χ3v) is 2.91. The summed E-state index contributed by atoms with van der Waals surface area (Å²) in [6, 6.07) is 8.72. The number of nitrogens with two attached hydrogens (primary N) is 1.